The summed E-state index contributed by atoms with van der Waals surface area (Å²) in [5.41, 5.74) is -0.823. The van der Waals surface area contributed by atoms with Crippen LogP contribution in [-0.2, 0) is 16.0 Å². The van der Waals surface area contributed by atoms with E-state index >= 15 is 0 Å². The van der Waals surface area contributed by atoms with Crippen molar-refractivity contribution in [2.75, 3.05) is 6.61 Å². The molecule has 3 aliphatic carbocycles. The Morgan fingerprint density at radius 2 is 1.80 bits per heavy atom. The summed E-state index contributed by atoms with van der Waals surface area (Å²) in [6, 6.07) is 0. The first-order valence-electron chi connectivity index (χ1n) is 14.1. The summed E-state index contributed by atoms with van der Waals surface area (Å²) < 4.78 is 20.2. The lowest BCUT2D eigenvalue weighted by Crippen LogP contribution is -2.72. The van der Waals surface area contributed by atoms with E-state index in [9.17, 15) is 19.8 Å². The van der Waals surface area contributed by atoms with Crippen LogP contribution in [-0.4, -0.2) is 50.8 Å². The standard InChI is InChI=1S/C33H38O7/c1-17(2)8-9-21-27-20(11-12-30(4,5)38-27)25(35)24-26(36)22-14-19-15-23-31(6,7)40-32(29(19)37,13-10-18(3)16-34)33(22,23)39-28(21)24/h8,10-12,14,19,23,34-35H,9,13,15-16H2,1-7H3/b18-10+/t19-,23?,32+,33+/m0/s1. The van der Waals surface area contributed by atoms with Gasteiger partial charge in [-0.15, -0.1) is 0 Å². The molecule has 3 heterocycles. The number of rotatable bonds is 5. The number of aromatic hydroxyl groups is 1. The minimum absolute atomic E-state index is 0.107. The van der Waals surface area contributed by atoms with Gasteiger partial charge in [0.2, 0.25) is 0 Å². The number of carbonyl (C=O) groups is 2. The zero-order valence-corrected chi connectivity index (χ0v) is 24.3. The molecule has 1 aromatic carbocycles. The molecule has 1 spiro atoms. The fourth-order valence-electron chi connectivity index (χ4n) is 7.44. The molecule has 7 nitrogen and oxygen atoms in total. The molecule has 1 unspecified atom stereocenters. The van der Waals surface area contributed by atoms with Gasteiger partial charge in [0.05, 0.1) is 17.8 Å². The molecule has 40 heavy (non-hydrogen) atoms. The second kappa shape index (κ2) is 8.43. The topological polar surface area (TPSA) is 102 Å². The van der Waals surface area contributed by atoms with E-state index < -0.39 is 28.3 Å². The number of hydrogen-bond donors (Lipinski definition) is 2. The van der Waals surface area contributed by atoms with Crippen LogP contribution in [0.2, 0.25) is 0 Å². The lowest BCUT2D eigenvalue weighted by molar-refractivity contribution is -0.171. The van der Waals surface area contributed by atoms with E-state index in [0.717, 1.165) is 5.57 Å². The highest BCUT2D eigenvalue weighted by Crippen LogP contribution is 2.68. The second-order valence-corrected chi connectivity index (χ2v) is 13.2. The second-order valence-electron chi connectivity index (χ2n) is 13.2. The summed E-state index contributed by atoms with van der Waals surface area (Å²) in [6.45, 7) is 13.4. The highest BCUT2D eigenvalue weighted by molar-refractivity contribution is 6.19. The first kappa shape index (κ1) is 27.0. The lowest BCUT2D eigenvalue weighted by Gasteiger charge is -2.56. The van der Waals surface area contributed by atoms with E-state index in [-0.39, 0.29) is 47.6 Å². The molecule has 0 aromatic heterocycles. The average Bonchev–Trinajstić information content (AvgIpc) is 3.03. The van der Waals surface area contributed by atoms with Crippen LogP contribution < -0.4 is 9.47 Å². The predicted molar refractivity (Wildman–Crippen MR) is 151 cm³/mol. The molecule has 212 valence electrons. The number of Topliss-reactive ketones (excluding diaryl/α,β-unsaturated/α-hetero) is 2. The van der Waals surface area contributed by atoms with Crippen molar-refractivity contribution >= 4 is 17.6 Å². The van der Waals surface area contributed by atoms with Crippen molar-refractivity contribution in [1.29, 1.82) is 0 Å². The molecule has 1 aromatic rings. The summed E-state index contributed by atoms with van der Waals surface area (Å²) >= 11 is 0. The monoisotopic (exact) mass is 546 g/mol. The maximum atomic E-state index is 14.5. The quantitative estimate of drug-likeness (QED) is 0.476. The molecule has 2 N–H and O–H groups in total. The number of phenols is 1. The Kier molecular flexibility index (Phi) is 5.70. The molecule has 4 atom stereocenters. The molecule has 0 amide bonds. The first-order chi connectivity index (χ1) is 18.7. The molecular formula is C33H38O7. The van der Waals surface area contributed by atoms with Crippen LogP contribution in [0.15, 0.2) is 41.0 Å². The van der Waals surface area contributed by atoms with Gasteiger partial charge in [-0.1, -0.05) is 29.4 Å². The number of hydrogen-bond acceptors (Lipinski definition) is 7. The molecule has 2 fully saturated rings. The fraction of sp³-hybridized carbons (Fsp3) is 0.515. The van der Waals surface area contributed by atoms with Crippen LogP contribution in [0, 0.1) is 11.8 Å². The van der Waals surface area contributed by atoms with Crippen molar-refractivity contribution < 1.29 is 34.0 Å². The molecule has 4 bridgehead atoms. The van der Waals surface area contributed by atoms with E-state index in [1.165, 1.54) is 0 Å². The van der Waals surface area contributed by atoms with Crippen LogP contribution in [0.25, 0.3) is 6.08 Å². The van der Waals surface area contributed by atoms with E-state index in [4.69, 9.17) is 14.2 Å². The lowest BCUT2D eigenvalue weighted by atomic mass is 9.51. The van der Waals surface area contributed by atoms with Gasteiger partial charge in [0.25, 0.3) is 0 Å². The van der Waals surface area contributed by atoms with Gasteiger partial charge in [-0.2, -0.15) is 0 Å². The Hall–Kier alpha value is -3.16. The SMILES string of the molecule is CC(C)=CCc1c2c(c(O)c3c1O[C@]14C(=C[C@H]5CC1C(C)(C)O[C@]4(C/C=C(\C)CO)C5=O)C3=O)C=CC(C)(C)O2. The average molecular weight is 547 g/mol. The third kappa shape index (κ3) is 3.37. The summed E-state index contributed by atoms with van der Waals surface area (Å²) in [6.07, 6.45) is 10.4. The molecular weight excluding hydrogens is 508 g/mol. The van der Waals surface area contributed by atoms with Gasteiger partial charge in [0.15, 0.2) is 22.8 Å². The van der Waals surface area contributed by atoms with Crippen LogP contribution in [0.5, 0.6) is 17.2 Å². The van der Waals surface area contributed by atoms with Crippen LogP contribution in [0.3, 0.4) is 0 Å². The number of fused-ring (bicyclic) bond motifs is 2. The Morgan fingerprint density at radius 1 is 1.07 bits per heavy atom. The maximum absolute atomic E-state index is 14.5. The Morgan fingerprint density at radius 3 is 2.48 bits per heavy atom. The van der Waals surface area contributed by atoms with Gasteiger partial charge in [0, 0.05) is 29.4 Å². The molecule has 1 saturated carbocycles. The third-order valence-electron chi connectivity index (χ3n) is 9.32. The van der Waals surface area contributed by atoms with Gasteiger partial charge in [-0.3, -0.25) is 9.59 Å². The number of phenolic OH excluding ortho intramolecular Hbond substituents is 1. The summed E-state index contributed by atoms with van der Waals surface area (Å²) in [4.78, 5) is 28.7. The van der Waals surface area contributed by atoms with Crippen molar-refractivity contribution in [2.45, 2.75) is 90.1 Å². The van der Waals surface area contributed by atoms with Crippen LogP contribution >= 0.6 is 0 Å². The fourth-order valence-corrected chi connectivity index (χ4v) is 7.44. The summed E-state index contributed by atoms with van der Waals surface area (Å²) in [5, 5.41) is 21.3. The molecule has 1 saturated heterocycles. The maximum Gasteiger partial charge on any atom is 0.200 e. The van der Waals surface area contributed by atoms with Crippen molar-refractivity contribution in [3.63, 3.8) is 0 Å². The number of carbonyl (C=O) groups excluding carboxylic acids is 2. The smallest absolute Gasteiger partial charge is 0.200 e. The highest BCUT2D eigenvalue weighted by Gasteiger charge is 2.81. The van der Waals surface area contributed by atoms with E-state index in [0.29, 0.717) is 40.9 Å². The minimum Gasteiger partial charge on any atom is -0.506 e. The van der Waals surface area contributed by atoms with E-state index in [1.54, 1.807) is 13.0 Å². The molecule has 7 heteroatoms. The summed E-state index contributed by atoms with van der Waals surface area (Å²) in [5.74, 6) is -0.661. The Balaban J connectivity index is 1.66. The van der Waals surface area contributed by atoms with E-state index in [2.05, 4.69) is 0 Å². The predicted octanol–water partition coefficient (Wildman–Crippen LogP) is 5.42. The van der Waals surface area contributed by atoms with Crippen molar-refractivity contribution in [2.24, 2.45) is 11.8 Å². The molecule has 3 aliphatic heterocycles. The van der Waals surface area contributed by atoms with Crippen molar-refractivity contribution in [1.82, 2.24) is 0 Å². The minimum atomic E-state index is -1.45. The number of ketones is 2. The first-order valence-corrected chi connectivity index (χ1v) is 14.1. The number of benzene rings is 1. The largest absolute Gasteiger partial charge is 0.506 e. The normalized spacial score (nSPS) is 32.0. The van der Waals surface area contributed by atoms with Crippen LogP contribution in [0.4, 0.5) is 0 Å². The van der Waals surface area contributed by atoms with Crippen LogP contribution in [0.1, 0.15) is 82.8 Å². The Bertz CT molecular complexity index is 1480. The molecule has 0 radical (unpaired) electrons. The number of aliphatic hydroxyl groups is 1. The zero-order valence-electron chi connectivity index (χ0n) is 24.3. The van der Waals surface area contributed by atoms with Gasteiger partial charge >= 0.3 is 0 Å². The van der Waals surface area contributed by atoms with Gasteiger partial charge < -0.3 is 24.4 Å². The number of aliphatic hydroxyl groups excluding tert-OH is 1. The zero-order chi connectivity index (χ0) is 29.0. The van der Waals surface area contributed by atoms with Gasteiger partial charge in [0.1, 0.15) is 28.4 Å². The third-order valence-corrected chi connectivity index (χ3v) is 9.32. The van der Waals surface area contributed by atoms with E-state index in [1.807, 2.05) is 65.8 Å². The van der Waals surface area contributed by atoms with Gasteiger partial charge in [-0.25, -0.2) is 0 Å². The number of allylic oxidation sites excluding steroid dienone is 3. The van der Waals surface area contributed by atoms with Gasteiger partial charge in [-0.05, 0) is 73.5 Å². The van der Waals surface area contributed by atoms with Crippen molar-refractivity contribution in [3.8, 4) is 17.2 Å². The summed E-state index contributed by atoms with van der Waals surface area (Å²) in [7, 11) is 0. The molecule has 7 rings (SSSR count). The van der Waals surface area contributed by atoms with Crippen molar-refractivity contribution in [3.05, 3.63) is 57.7 Å². The Labute approximate surface area is 235 Å². The highest BCUT2D eigenvalue weighted by atomic mass is 16.6. The molecule has 6 aliphatic rings. The number of ether oxygens (including phenoxy) is 3.